The lowest BCUT2D eigenvalue weighted by Gasteiger charge is -2.29. The second kappa shape index (κ2) is 7.82. The SMILES string of the molecule is COCCNCC1CCCN1CC(F)(F)c1ccccc1. The van der Waals surface area contributed by atoms with Crippen LogP contribution in [0.5, 0.6) is 0 Å². The summed E-state index contributed by atoms with van der Waals surface area (Å²) in [4.78, 5) is 1.91. The lowest BCUT2D eigenvalue weighted by Crippen LogP contribution is -2.43. The van der Waals surface area contributed by atoms with Gasteiger partial charge in [0.2, 0.25) is 0 Å². The molecule has 118 valence electrons. The third-order valence-electron chi connectivity index (χ3n) is 3.96. The number of rotatable bonds is 8. The Morgan fingerprint density at radius 1 is 1.33 bits per heavy atom. The van der Waals surface area contributed by atoms with E-state index < -0.39 is 5.92 Å². The number of halogens is 2. The zero-order chi connectivity index (χ0) is 15.1. The van der Waals surface area contributed by atoms with Gasteiger partial charge >= 0.3 is 0 Å². The second-order valence-corrected chi connectivity index (χ2v) is 5.53. The van der Waals surface area contributed by atoms with Crippen molar-refractivity contribution in [2.24, 2.45) is 0 Å². The molecule has 0 spiro atoms. The van der Waals surface area contributed by atoms with Gasteiger partial charge in [-0.1, -0.05) is 30.3 Å². The van der Waals surface area contributed by atoms with Crippen LogP contribution in [0.4, 0.5) is 8.78 Å². The molecule has 0 bridgehead atoms. The van der Waals surface area contributed by atoms with E-state index in [1.165, 1.54) is 12.1 Å². The number of ether oxygens (including phenoxy) is 1. The van der Waals surface area contributed by atoms with Gasteiger partial charge in [-0.25, -0.2) is 0 Å². The van der Waals surface area contributed by atoms with Crippen molar-refractivity contribution in [1.29, 1.82) is 0 Å². The molecule has 0 amide bonds. The molecule has 0 radical (unpaired) electrons. The zero-order valence-electron chi connectivity index (χ0n) is 12.5. The van der Waals surface area contributed by atoms with Gasteiger partial charge in [0, 0.05) is 31.8 Å². The molecule has 1 saturated heterocycles. The molecule has 21 heavy (non-hydrogen) atoms. The zero-order valence-corrected chi connectivity index (χ0v) is 12.5. The minimum absolute atomic E-state index is 0.1000. The summed E-state index contributed by atoms with van der Waals surface area (Å²) in [7, 11) is 1.66. The van der Waals surface area contributed by atoms with Crippen LogP contribution in [0.2, 0.25) is 0 Å². The highest BCUT2D eigenvalue weighted by Crippen LogP contribution is 2.31. The average molecular weight is 298 g/mol. The maximum atomic E-state index is 14.3. The molecule has 0 aromatic heterocycles. The van der Waals surface area contributed by atoms with Gasteiger partial charge in [0.25, 0.3) is 5.92 Å². The number of benzene rings is 1. The van der Waals surface area contributed by atoms with Gasteiger partial charge in [-0.15, -0.1) is 0 Å². The minimum atomic E-state index is -2.80. The number of nitrogens with one attached hydrogen (secondary N) is 1. The number of methoxy groups -OCH3 is 1. The summed E-state index contributed by atoms with van der Waals surface area (Å²) in [5, 5.41) is 3.27. The van der Waals surface area contributed by atoms with Crippen LogP contribution >= 0.6 is 0 Å². The molecule has 1 unspecified atom stereocenters. The predicted molar refractivity (Wildman–Crippen MR) is 79.7 cm³/mol. The average Bonchev–Trinajstić information content (AvgIpc) is 2.91. The Labute approximate surface area is 125 Å². The van der Waals surface area contributed by atoms with Crippen molar-refractivity contribution in [2.45, 2.75) is 24.8 Å². The van der Waals surface area contributed by atoms with E-state index in [0.29, 0.717) is 6.61 Å². The summed E-state index contributed by atoms with van der Waals surface area (Å²) in [5.74, 6) is -2.80. The highest BCUT2D eigenvalue weighted by molar-refractivity contribution is 5.20. The predicted octanol–water partition coefficient (Wildman–Crippen LogP) is 2.48. The van der Waals surface area contributed by atoms with Crippen molar-refractivity contribution in [3.05, 3.63) is 35.9 Å². The Morgan fingerprint density at radius 3 is 2.81 bits per heavy atom. The second-order valence-electron chi connectivity index (χ2n) is 5.53. The number of likely N-dealkylation sites (tertiary alicyclic amines) is 1. The van der Waals surface area contributed by atoms with Crippen molar-refractivity contribution < 1.29 is 13.5 Å². The molecule has 1 N–H and O–H groups in total. The van der Waals surface area contributed by atoms with Crippen LogP contribution in [0, 0.1) is 0 Å². The Morgan fingerprint density at radius 2 is 2.10 bits per heavy atom. The van der Waals surface area contributed by atoms with E-state index in [9.17, 15) is 8.78 Å². The third-order valence-corrected chi connectivity index (χ3v) is 3.96. The summed E-state index contributed by atoms with van der Waals surface area (Å²) in [5.41, 5.74) is 0.1000. The van der Waals surface area contributed by atoms with Gasteiger partial charge < -0.3 is 10.1 Å². The van der Waals surface area contributed by atoms with Crippen LogP contribution in [0.3, 0.4) is 0 Å². The molecule has 0 aliphatic carbocycles. The first-order valence-corrected chi connectivity index (χ1v) is 7.50. The number of hydrogen-bond acceptors (Lipinski definition) is 3. The van der Waals surface area contributed by atoms with Crippen LogP contribution < -0.4 is 5.32 Å². The number of alkyl halides is 2. The lowest BCUT2D eigenvalue weighted by molar-refractivity contribution is -0.0408. The van der Waals surface area contributed by atoms with E-state index in [4.69, 9.17) is 4.74 Å². The van der Waals surface area contributed by atoms with Crippen molar-refractivity contribution in [3.8, 4) is 0 Å². The van der Waals surface area contributed by atoms with E-state index in [0.717, 1.165) is 32.5 Å². The molecule has 1 aromatic carbocycles. The van der Waals surface area contributed by atoms with Crippen molar-refractivity contribution in [3.63, 3.8) is 0 Å². The fourth-order valence-electron chi connectivity index (χ4n) is 2.81. The fraction of sp³-hybridized carbons (Fsp3) is 0.625. The van der Waals surface area contributed by atoms with Crippen LogP contribution in [0.1, 0.15) is 18.4 Å². The van der Waals surface area contributed by atoms with Crippen molar-refractivity contribution >= 4 is 0 Å². The van der Waals surface area contributed by atoms with Gasteiger partial charge in [0.1, 0.15) is 0 Å². The van der Waals surface area contributed by atoms with Crippen LogP contribution in [0.25, 0.3) is 0 Å². The van der Waals surface area contributed by atoms with E-state index in [-0.39, 0.29) is 18.2 Å². The Kier molecular flexibility index (Phi) is 6.08. The quantitative estimate of drug-likeness (QED) is 0.746. The number of nitrogens with zero attached hydrogens (tertiary/aromatic N) is 1. The Balaban J connectivity index is 1.88. The summed E-state index contributed by atoms with van der Waals surface area (Å²) < 4.78 is 33.7. The van der Waals surface area contributed by atoms with Crippen LogP contribution in [0.15, 0.2) is 30.3 Å². The molecule has 1 aliphatic heterocycles. The van der Waals surface area contributed by atoms with Crippen LogP contribution in [-0.2, 0) is 10.7 Å². The molecule has 3 nitrogen and oxygen atoms in total. The minimum Gasteiger partial charge on any atom is -0.383 e. The molecular formula is C16H24F2N2O. The van der Waals surface area contributed by atoms with Gasteiger partial charge in [-0.2, -0.15) is 8.78 Å². The van der Waals surface area contributed by atoms with Gasteiger partial charge in [-0.05, 0) is 19.4 Å². The van der Waals surface area contributed by atoms with E-state index >= 15 is 0 Å². The summed E-state index contributed by atoms with van der Waals surface area (Å²) >= 11 is 0. The number of hydrogen-bond donors (Lipinski definition) is 1. The molecule has 1 aliphatic rings. The Bertz CT molecular complexity index is 414. The monoisotopic (exact) mass is 298 g/mol. The summed E-state index contributed by atoms with van der Waals surface area (Å²) in [6.45, 7) is 2.70. The highest BCUT2D eigenvalue weighted by atomic mass is 19.3. The van der Waals surface area contributed by atoms with E-state index in [1.807, 2.05) is 4.90 Å². The molecule has 2 rings (SSSR count). The molecule has 1 fully saturated rings. The Hall–Kier alpha value is -1.04. The van der Waals surface area contributed by atoms with Crippen LogP contribution in [-0.4, -0.2) is 50.8 Å². The van der Waals surface area contributed by atoms with E-state index in [2.05, 4.69) is 5.32 Å². The summed E-state index contributed by atoms with van der Waals surface area (Å²) in [6, 6.07) is 8.28. The molecule has 1 heterocycles. The standard InChI is InChI=1S/C16H24F2N2O/c1-21-11-9-19-12-15-8-5-10-20(15)13-16(17,18)14-6-3-2-4-7-14/h2-4,6-7,15,19H,5,8-13H2,1H3. The van der Waals surface area contributed by atoms with Crippen molar-refractivity contribution in [1.82, 2.24) is 10.2 Å². The summed E-state index contributed by atoms with van der Waals surface area (Å²) in [6.07, 6.45) is 1.96. The smallest absolute Gasteiger partial charge is 0.285 e. The van der Waals surface area contributed by atoms with E-state index in [1.54, 1.807) is 25.3 Å². The highest BCUT2D eigenvalue weighted by Gasteiger charge is 2.37. The van der Waals surface area contributed by atoms with Gasteiger partial charge in [-0.3, -0.25) is 4.90 Å². The maximum Gasteiger partial charge on any atom is 0.285 e. The fourth-order valence-corrected chi connectivity index (χ4v) is 2.81. The third kappa shape index (κ3) is 4.73. The molecular weight excluding hydrogens is 274 g/mol. The molecule has 0 saturated carbocycles. The molecule has 1 atom stereocenters. The first kappa shape index (κ1) is 16.3. The van der Waals surface area contributed by atoms with Crippen molar-refractivity contribution in [2.75, 3.05) is 39.9 Å². The first-order chi connectivity index (χ1) is 10.1. The molecule has 1 aromatic rings. The topological polar surface area (TPSA) is 24.5 Å². The first-order valence-electron chi connectivity index (χ1n) is 7.50. The largest absolute Gasteiger partial charge is 0.383 e. The normalized spacial score (nSPS) is 20.0. The van der Waals surface area contributed by atoms with Gasteiger partial charge in [0.05, 0.1) is 13.2 Å². The lowest BCUT2D eigenvalue weighted by atomic mass is 10.1. The maximum absolute atomic E-state index is 14.3. The van der Waals surface area contributed by atoms with Gasteiger partial charge in [0.15, 0.2) is 0 Å². The molecule has 5 heteroatoms.